The lowest BCUT2D eigenvalue weighted by atomic mass is 9.96. The molecule has 0 saturated carbocycles. The zero-order valence-corrected chi connectivity index (χ0v) is 11.8. The Kier molecular flexibility index (Phi) is 3.30. The molecule has 0 spiro atoms. The van der Waals surface area contributed by atoms with Crippen LogP contribution < -0.4 is 4.74 Å². The van der Waals surface area contributed by atoms with Crippen molar-refractivity contribution in [2.24, 2.45) is 0 Å². The van der Waals surface area contributed by atoms with Gasteiger partial charge in [-0.3, -0.25) is 4.79 Å². The molecule has 0 aliphatic carbocycles. The lowest BCUT2D eigenvalue weighted by Gasteiger charge is -2.25. The molecule has 1 unspecified atom stereocenters. The number of hydrogen-bond donors (Lipinski definition) is 0. The predicted molar refractivity (Wildman–Crippen MR) is 72.8 cm³/mol. The van der Waals surface area contributed by atoms with E-state index in [9.17, 15) is 13.6 Å². The normalized spacial score (nSPS) is 17.6. The van der Waals surface area contributed by atoms with Crippen LogP contribution >= 0.6 is 15.9 Å². The van der Waals surface area contributed by atoms with E-state index in [0.717, 1.165) is 10.5 Å². The number of benzene rings is 2. The quantitative estimate of drug-likeness (QED) is 0.768. The molecule has 3 rings (SSSR count). The molecule has 0 bridgehead atoms. The summed E-state index contributed by atoms with van der Waals surface area (Å²) < 4.78 is 32.9. The first kappa shape index (κ1) is 13.2. The monoisotopic (exact) mass is 338 g/mol. The first-order valence-corrected chi connectivity index (χ1v) is 6.77. The Balaban J connectivity index is 1.99. The number of carbonyl (C=O) groups is 1. The second-order valence-electron chi connectivity index (χ2n) is 4.58. The lowest BCUT2D eigenvalue weighted by molar-refractivity contribution is 0.0849. The van der Waals surface area contributed by atoms with E-state index in [1.165, 1.54) is 12.1 Å². The van der Waals surface area contributed by atoms with Crippen LogP contribution in [0.3, 0.4) is 0 Å². The molecular formula is C15H9BrF2O2. The average Bonchev–Trinajstić information content (AvgIpc) is 2.38. The average molecular weight is 339 g/mol. The van der Waals surface area contributed by atoms with E-state index in [1.54, 1.807) is 18.2 Å². The molecule has 1 heterocycles. The van der Waals surface area contributed by atoms with E-state index in [-0.39, 0.29) is 12.2 Å². The summed E-state index contributed by atoms with van der Waals surface area (Å²) in [5.41, 5.74) is 0.803. The van der Waals surface area contributed by atoms with Gasteiger partial charge in [-0.25, -0.2) is 8.78 Å². The molecule has 102 valence electrons. The molecule has 0 fully saturated rings. The molecule has 2 aromatic carbocycles. The summed E-state index contributed by atoms with van der Waals surface area (Å²) in [7, 11) is 0. The van der Waals surface area contributed by atoms with Gasteiger partial charge in [0.25, 0.3) is 0 Å². The molecule has 0 saturated heterocycles. The zero-order chi connectivity index (χ0) is 14.3. The van der Waals surface area contributed by atoms with Crippen LogP contribution in [0, 0.1) is 11.6 Å². The smallest absolute Gasteiger partial charge is 0.170 e. The Labute approximate surface area is 122 Å². The van der Waals surface area contributed by atoms with Gasteiger partial charge in [-0.2, -0.15) is 0 Å². The summed E-state index contributed by atoms with van der Waals surface area (Å²) in [4.78, 5) is 12.1. The van der Waals surface area contributed by atoms with E-state index in [0.29, 0.717) is 16.9 Å². The third-order valence-corrected chi connectivity index (χ3v) is 3.63. The van der Waals surface area contributed by atoms with Crippen molar-refractivity contribution in [3.8, 4) is 5.75 Å². The van der Waals surface area contributed by atoms with Gasteiger partial charge in [0, 0.05) is 10.5 Å². The summed E-state index contributed by atoms with van der Waals surface area (Å²) in [6.45, 7) is 0. The molecule has 0 N–H and O–H groups in total. The van der Waals surface area contributed by atoms with Crippen molar-refractivity contribution in [1.29, 1.82) is 0 Å². The third-order valence-electron chi connectivity index (χ3n) is 3.14. The Morgan fingerprint density at radius 3 is 2.50 bits per heavy atom. The van der Waals surface area contributed by atoms with Crippen LogP contribution in [-0.2, 0) is 0 Å². The Morgan fingerprint density at radius 2 is 1.80 bits per heavy atom. The zero-order valence-electron chi connectivity index (χ0n) is 10.2. The number of rotatable bonds is 1. The van der Waals surface area contributed by atoms with Crippen molar-refractivity contribution in [3.05, 3.63) is 63.6 Å². The highest BCUT2D eigenvalue weighted by Crippen LogP contribution is 2.36. The van der Waals surface area contributed by atoms with Crippen molar-refractivity contribution in [2.45, 2.75) is 12.5 Å². The summed E-state index contributed by atoms with van der Waals surface area (Å²) >= 11 is 3.29. The SMILES string of the molecule is O=C1CC(c2cc(F)cc(F)c2)Oc2ccc(Br)cc21. The fraction of sp³-hybridized carbons (Fsp3) is 0.133. The van der Waals surface area contributed by atoms with Gasteiger partial charge >= 0.3 is 0 Å². The molecule has 5 heteroatoms. The topological polar surface area (TPSA) is 26.3 Å². The molecular weight excluding hydrogens is 330 g/mol. The van der Waals surface area contributed by atoms with Gasteiger partial charge in [0.1, 0.15) is 23.5 Å². The van der Waals surface area contributed by atoms with E-state index in [4.69, 9.17) is 4.74 Å². The maximum Gasteiger partial charge on any atom is 0.170 e. The highest BCUT2D eigenvalue weighted by molar-refractivity contribution is 9.10. The summed E-state index contributed by atoms with van der Waals surface area (Å²) in [5.74, 6) is -1.04. The molecule has 20 heavy (non-hydrogen) atoms. The van der Waals surface area contributed by atoms with E-state index < -0.39 is 17.7 Å². The van der Waals surface area contributed by atoms with Crippen LogP contribution in [0.25, 0.3) is 0 Å². The Bertz CT molecular complexity index is 680. The number of Topliss-reactive ketones (excluding diaryl/α,β-unsaturated/α-hetero) is 1. The highest BCUT2D eigenvalue weighted by atomic mass is 79.9. The van der Waals surface area contributed by atoms with E-state index in [2.05, 4.69) is 15.9 Å². The van der Waals surface area contributed by atoms with Gasteiger partial charge in [-0.1, -0.05) is 15.9 Å². The molecule has 1 atom stereocenters. The molecule has 0 aromatic heterocycles. The van der Waals surface area contributed by atoms with Gasteiger partial charge in [-0.15, -0.1) is 0 Å². The van der Waals surface area contributed by atoms with Crippen molar-refractivity contribution in [3.63, 3.8) is 0 Å². The van der Waals surface area contributed by atoms with Crippen LogP contribution in [0.2, 0.25) is 0 Å². The van der Waals surface area contributed by atoms with Crippen LogP contribution in [0.1, 0.15) is 28.4 Å². The van der Waals surface area contributed by atoms with Crippen molar-refractivity contribution < 1.29 is 18.3 Å². The summed E-state index contributed by atoms with van der Waals surface area (Å²) in [5, 5.41) is 0. The number of carbonyl (C=O) groups excluding carboxylic acids is 1. The summed E-state index contributed by atoms with van der Waals surface area (Å²) in [6.07, 6.45) is -0.604. The fourth-order valence-corrected chi connectivity index (χ4v) is 2.60. The van der Waals surface area contributed by atoms with Crippen molar-refractivity contribution >= 4 is 21.7 Å². The molecule has 0 amide bonds. The highest BCUT2D eigenvalue weighted by Gasteiger charge is 2.28. The number of ketones is 1. The number of hydrogen-bond acceptors (Lipinski definition) is 2. The molecule has 0 radical (unpaired) electrons. The summed E-state index contributed by atoms with van der Waals surface area (Å²) in [6, 6.07) is 8.26. The predicted octanol–water partition coefficient (Wildman–Crippen LogP) is 4.43. The van der Waals surface area contributed by atoms with Crippen molar-refractivity contribution in [1.82, 2.24) is 0 Å². The number of ether oxygens (including phenoxy) is 1. The molecule has 1 aliphatic rings. The maximum atomic E-state index is 13.2. The van der Waals surface area contributed by atoms with Gasteiger partial charge in [0.15, 0.2) is 5.78 Å². The first-order valence-electron chi connectivity index (χ1n) is 5.98. The maximum absolute atomic E-state index is 13.2. The van der Waals surface area contributed by atoms with E-state index in [1.807, 2.05) is 0 Å². The lowest BCUT2D eigenvalue weighted by Crippen LogP contribution is -2.20. The van der Waals surface area contributed by atoms with Crippen LogP contribution in [0.15, 0.2) is 40.9 Å². The van der Waals surface area contributed by atoms with Gasteiger partial charge in [0.2, 0.25) is 0 Å². The van der Waals surface area contributed by atoms with E-state index >= 15 is 0 Å². The first-order chi connectivity index (χ1) is 9.52. The van der Waals surface area contributed by atoms with Crippen LogP contribution in [0.4, 0.5) is 8.78 Å². The minimum atomic E-state index is -0.683. The van der Waals surface area contributed by atoms with Gasteiger partial charge in [-0.05, 0) is 35.9 Å². The van der Waals surface area contributed by atoms with Crippen LogP contribution in [-0.4, -0.2) is 5.78 Å². The second-order valence-corrected chi connectivity index (χ2v) is 5.49. The third kappa shape index (κ3) is 2.45. The number of halogens is 3. The Hall–Kier alpha value is -1.75. The minimum absolute atomic E-state index is 0.0619. The molecule has 2 aromatic rings. The largest absolute Gasteiger partial charge is 0.484 e. The standard InChI is InChI=1S/C15H9BrF2O2/c16-9-1-2-14-12(5-9)13(19)7-15(20-14)8-3-10(17)6-11(18)4-8/h1-6,15H,7H2. The van der Waals surface area contributed by atoms with Gasteiger partial charge in [0.05, 0.1) is 12.0 Å². The number of fused-ring (bicyclic) bond motifs is 1. The van der Waals surface area contributed by atoms with Crippen molar-refractivity contribution in [2.75, 3.05) is 0 Å². The minimum Gasteiger partial charge on any atom is -0.484 e. The molecule has 1 aliphatic heterocycles. The fourth-order valence-electron chi connectivity index (χ4n) is 2.24. The van der Waals surface area contributed by atoms with Crippen LogP contribution in [0.5, 0.6) is 5.75 Å². The molecule has 2 nitrogen and oxygen atoms in total. The Morgan fingerprint density at radius 1 is 1.10 bits per heavy atom. The second kappa shape index (κ2) is 4.98. The van der Waals surface area contributed by atoms with Gasteiger partial charge < -0.3 is 4.74 Å².